The van der Waals surface area contributed by atoms with Crippen molar-refractivity contribution < 1.29 is 9.84 Å². The molecular weight excluding hydrogens is 293 g/mol. The molecule has 0 fully saturated rings. The van der Waals surface area contributed by atoms with Crippen LogP contribution in [0.5, 0.6) is 5.75 Å². The van der Waals surface area contributed by atoms with Crippen molar-refractivity contribution in [3.8, 4) is 5.75 Å². The Hall–Kier alpha value is -0.450. The Balaban J connectivity index is 2.68. The summed E-state index contributed by atoms with van der Waals surface area (Å²) >= 11 is 9.15. The number of halogens is 2. The molecule has 0 saturated heterocycles. The average molecular weight is 309 g/mol. The highest BCUT2D eigenvalue weighted by atomic mass is 79.9. The van der Waals surface area contributed by atoms with E-state index in [4.69, 9.17) is 22.1 Å². The van der Waals surface area contributed by atoms with E-state index in [-0.39, 0.29) is 0 Å². The molecule has 16 heavy (non-hydrogen) atoms. The second-order valence-electron chi connectivity index (χ2n) is 4.22. The summed E-state index contributed by atoms with van der Waals surface area (Å²) in [4.78, 5) is 0. The fourth-order valence-electron chi connectivity index (χ4n) is 1.14. The highest BCUT2D eigenvalue weighted by Gasteiger charge is 2.14. The minimum Gasteiger partial charge on any atom is -0.490 e. The van der Waals surface area contributed by atoms with Crippen molar-refractivity contribution in [3.63, 3.8) is 0 Å². The van der Waals surface area contributed by atoms with Crippen LogP contribution in [0.1, 0.15) is 20.3 Å². The summed E-state index contributed by atoms with van der Waals surface area (Å²) in [5.74, 6) is 0.564. The molecule has 0 aliphatic rings. The van der Waals surface area contributed by atoms with Crippen LogP contribution in [0.2, 0.25) is 5.02 Å². The predicted molar refractivity (Wildman–Crippen MR) is 70.0 cm³/mol. The van der Waals surface area contributed by atoms with Gasteiger partial charge >= 0.3 is 0 Å². The number of aliphatic hydroxyl groups is 1. The molecule has 0 spiro atoms. The molecule has 90 valence electrons. The van der Waals surface area contributed by atoms with Crippen LogP contribution in [-0.2, 0) is 0 Å². The largest absolute Gasteiger partial charge is 0.490 e. The Labute approximate surface area is 109 Å². The molecule has 3 N–H and O–H groups in total. The van der Waals surface area contributed by atoms with Crippen molar-refractivity contribution in [1.82, 2.24) is 0 Å². The minimum absolute atomic E-state index is 0.397. The van der Waals surface area contributed by atoms with E-state index < -0.39 is 5.60 Å². The van der Waals surface area contributed by atoms with Gasteiger partial charge in [-0.1, -0.05) is 11.6 Å². The van der Waals surface area contributed by atoms with Gasteiger partial charge in [0.2, 0.25) is 0 Å². The van der Waals surface area contributed by atoms with Gasteiger partial charge in [-0.2, -0.15) is 0 Å². The molecule has 1 rings (SSSR count). The number of hydrogen-bond donors (Lipinski definition) is 2. The first-order chi connectivity index (χ1) is 7.29. The normalized spacial score (nSPS) is 11.6. The maximum Gasteiger partial charge on any atom is 0.156 e. The average Bonchev–Trinajstić information content (AvgIpc) is 2.07. The molecule has 0 aromatic heterocycles. The Morgan fingerprint density at radius 2 is 2.12 bits per heavy atom. The van der Waals surface area contributed by atoms with Gasteiger partial charge in [0.05, 0.1) is 22.4 Å². The van der Waals surface area contributed by atoms with Crippen molar-refractivity contribution in [2.75, 3.05) is 12.3 Å². The SMILES string of the molecule is CC(C)(O)CCOc1c(N)cc(Cl)cc1Br. The summed E-state index contributed by atoms with van der Waals surface area (Å²) in [6.07, 6.45) is 0.529. The van der Waals surface area contributed by atoms with Gasteiger partial charge in [0.1, 0.15) is 0 Å². The number of anilines is 1. The summed E-state index contributed by atoms with van der Waals surface area (Å²) in [7, 11) is 0. The molecule has 3 nitrogen and oxygen atoms in total. The fraction of sp³-hybridized carbons (Fsp3) is 0.455. The van der Waals surface area contributed by atoms with Gasteiger partial charge < -0.3 is 15.6 Å². The topological polar surface area (TPSA) is 55.5 Å². The van der Waals surface area contributed by atoms with E-state index >= 15 is 0 Å². The highest BCUT2D eigenvalue weighted by molar-refractivity contribution is 9.10. The summed E-state index contributed by atoms with van der Waals surface area (Å²) in [6.45, 7) is 3.86. The molecule has 0 aliphatic heterocycles. The molecule has 0 saturated carbocycles. The fourth-order valence-corrected chi connectivity index (χ4v) is 2.08. The molecule has 0 aliphatic carbocycles. The van der Waals surface area contributed by atoms with Gasteiger partial charge in [-0.05, 0) is 41.9 Å². The molecule has 0 radical (unpaired) electrons. The van der Waals surface area contributed by atoms with Gasteiger partial charge in [-0.3, -0.25) is 0 Å². The summed E-state index contributed by atoms with van der Waals surface area (Å²) < 4.78 is 6.22. The summed E-state index contributed by atoms with van der Waals surface area (Å²) in [5, 5.41) is 10.1. The quantitative estimate of drug-likeness (QED) is 0.840. The Morgan fingerprint density at radius 3 is 2.62 bits per heavy atom. The van der Waals surface area contributed by atoms with Crippen LogP contribution in [0, 0.1) is 0 Å². The molecular formula is C11H15BrClNO2. The number of nitrogens with two attached hydrogens (primary N) is 1. The van der Waals surface area contributed by atoms with Crippen molar-refractivity contribution in [1.29, 1.82) is 0 Å². The Kier molecular flexibility index (Phi) is 4.47. The maximum atomic E-state index is 9.53. The summed E-state index contributed by atoms with van der Waals surface area (Å²) in [5.41, 5.74) is 5.51. The van der Waals surface area contributed by atoms with Crippen molar-refractivity contribution in [3.05, 3.63) is 21.6 Å². The zero-order valence-electron chi connectivity index (χ0n) is 9.26. The van der Waals surface area contributed by atoms with E-state index in [9.17, 15) is 5.11 Å². The number of ether oxygens (including phenoxy) is 1. The molecule has 1 aromatic carbocycles. The second kappa shape index (κ2) is 5.25. The van der Waals surface area contributed by atoms with E-state index in [0.717, 1.165) is 0 Å². The Morgan fingerprint density at radius 1 is 1.50 bits per heavy atom. The number of nitrogen functional groups attached to an aromatic ring is 1. The molecule has 0 amide bonds. The van der Waals surface area contributed by atoms with Crippen LogP contribution < -0.4 is 10.5 Å². The predicted octanol–water partition coefficient (Wildman–Crippen LogP) is 3.22. The zero-order valence-corrected chi connectivity index (χ0v) is 11.6. The lowest BCUT2D eigenvalue weighted by molar-refractivity contribution is 0.0553. The van der Waals surface area contributed by atoms with Crippen molar-refractivity contribution in [2.45, 2.75) is 25.9 Å². The number of benzene rings is 1. The first-order valence-electron chi connectivity index (χ1n) is 4.89. The highest BCUT2D eigenvalue weighted by Crippen LogP contribution is 2.34. The molecule has 0 atom stereocenters. The molecule has 0 bridgehead atoms. The third kappa shape index (κ3) is 4.20. The monoisotopic (exact) mass is 307 g/mol. The van der Waals surface area contributed by atoms with E-state index in [1.54, 1.807) is 26.0 Å². The number of rotatable bonds is 4. The van der Waals surface area contributed by atoms with Crippen LogP contribution in [0.3, 0.4) is 0 Å². The van der Waals surface area contributed by atoms with Crippen LogP contribution in [0.25, 0.3) is 0 Å². The smallest absolute Gasteiger partial charge is 0.156 e. The van der Waals surface area contributed by atoms with E-state index in [1.165, 1.54) is 0 Å². The van der Waals surface area contributed by atoms with Crippen LogP contribution in [0.4, 0.5) is 5.69 Å². The van der Waals surface area contributed by atoms with Gasteiger partial charge in [0.25, 0.3) is 0 Å². The zero-order chi connectivity index (χ0) is 12.3. The van der Waals surface area contributed by atoms with Gasteiger partial charge in [-0.15, -0.1) is 0 Å². The van der Waals surface area contributed by atoms with Crippen LogP contribution in [0.15, 0.2) is 16.6 Å². The van der Waals surface area contributed by atoms with E-state index in [2.05, 4.69) is 15.9 Å². The van der Waals surface area contributed by atoms with Gasteiger partial charge in [0.15, 0.2) is 5.75 Å². The van der Waals surface area contributed by atoms with Crippen molar-refractivity contribution in [2.24, 2.45) is 0 Å². The van der Waals surface area contributed by atoms with Gasteiger partial charge in [0, 0.05) is 11.4 Å². The van der Waals surface area contributed by atoms with Crippen molar-refractivity contribution >= 4 is 33.2 Å². The lowest BCUT2D eigenvalue weighted by Crippen LogP contribution is -2.22. The van der Waals surface area contributed by atoms with Crippen LogP contribution in [-0.4, -0.2) is 17.3 Å². The van der Waals surface area contributed by atoms with Gasteiger partial charge in [-0.25, -0.2) is 0 Å². The standard InChI is InChI=1S/C11H15BrClNO2/c1-11(2,15)3-4-16-10-8(12)5-7(13)6-9(10)14/h5-6,15H,3-4,14H2,1-2H3. The van der Waals surface area contributed by atoms with Crippen LogP contribution >= 0.6 is 27.5 Å². The second-order valence-corrected chi connectivity index (χ2v) is 5.51. The Bertz CT molecular complexity index is 354. The lowest BCUT2D eigenvalue weighted by Gasteiger charge is -2.18. The molecule has 0 heterocycles. The molecule has 5 heteroatoms. The maximum absolute atomic E-state index is 9.53. The lowest BCUT2D eigenvalue weighted by atomic mass is 10.1. The minimum atomic E-state index is -0.742. The third-order valence-corrected chi connectivity index (χ3v) is 2.80. The first-order valence-corrected chi connectivity index (χ1v) is 6.06. The van der Waals surface area contributed by atoms with E-state index in [0.29, 0.717) is 34.0 Å². The first kappa shape index (κ1) is 13.6. The third-order valence-electron chi connectivity index (χ3n) is 2.00. The molecule has 1 aromatic rings. The number of hydrogen-bond acceptors (Lipinski definition) is 3. The summed E-state index contributed by atoms with van der Waals surface area (Å²) in [6, 6.07) is 3.35. The van der Waals surface area contributed by atoms with E-state index in [1.807, 2.05) is 0 Å². The molecule has 0 unspecified atom stereocenters.